The molecule has 4 atom stereocenters. The van der Waals surface area contributed by atoms with E-state index in [1.165, 1.54) is 19.3 Å². The SMILES string of the molecule is CCC(C)CC(C)C(C)C(CC)C(C)C. The second kappa shape index (κ2) is 7.30. The Hall–Kier alpha value is 0. The average Bonchev–Trinajstić information content (AvgIpc) is 2.17. The second-order valence-electron chi connectivity index (χ2n) is 5.90. The first-order chi connectivity index (χ1) is 6.93. The molecule has 0 radical (unpaired) electrons. The van der Waals surface area contributed by atoms with Crippen LogP contribution in [0.25, 0.3) is 0 Å². The summed E-state index contributed by atoms with van der Waals surface area (Å²) in [5, 5.41) is 0. The largest absolute Gasteiger partial charge is 0.0651 e. The van der Waals surface area contributed by atoms with Crippen LogP contribution in [-0.2, 0) is 0 Å². The highest BCUT2D eigenvalue weighted by atomic mass is 14.3. The number of hydrogen-bond acceptors (Lipinski definition) is 0. The Morgan fingerprint density at radius 2 is 1.33 bits per heavy atom. The van der Waals surface area contributed by atoms with Gasteiger partial charge in [0.25, 0.3) is 0 Å². The van der Waals surface area contributed by atoms with Gasteiger partial charge in [-0.3, -0.25) is 0 Å². The Kier molecular flexibility index (Phi) is 7.30. The lowest BCUT2D eigenvalue weighted by Crippen LogP contribution is -2.24. The maximum atomic E-state index is 2.46. The van der Waals surface area contributed by atoms with E-state index in [-0.39, 0.29) is 0 Å². The molecular formula is C15H32. The van der Waals surface area contributed by atoms with Gasteiger partial charge in [0.05, 0.1) is 0 Å². The van der Waals surface area contributed by atoms with E-state index in [9.17, 15) is 0 Å². The fourth-order valence-corrected chi connectivity index (χ4v) is 2.89. The molecule has 0 aliphatic carbocycles. The van der Waals surface area contributed by atoms with Crippen molar-refractivity contribution in [3.8, 4) is 0 Å². The molecule has 0 aromatic rings. The summed E-state index contributed by atoms with van der Waals surface area (Å²) in [6.45, 7) is 16.7. The molecule has 0 nitrogen and oxygen atoms in total. The Morgan fingerprint density at radius 3 is 1.67 bits per heavy atom. The number of rotatable bonds is 7. The van der Waals surface area contributed by atoms with Gasteiger partial charge < -0.3 is 0 Å². The van der Waals surface area contributed by atoms with Gasteiger partial charge in [0, 0.05) is 0 Å². The zero-order valence-electron chi connectivity index (χ0n) is 12.0. The minimum absolute atomic E-state index is 0.837. The highest BCUT2D eigenvalue weighted by Gasteiger charge is 2.24. The molecule has 0 heteroatoms. The van der Waals surface area contributed by atoms with E-state index in [1.54, 1.807) is 0 Å². The normalized spacial score (nSPS) is 20.0. The molecule has 0 aromatic carbocycles. The minimum Gasteiger partial charge on any atom is -0.0651 e. The van der Waals surface area contributed by atoms with Crippen molar-refractivity contribution in [2.75, 3.05) is 0 Å². The lowest BCUT2D eigenvalue weighted by atomic mass is 9.74. The summed E-state index contributed by atoms with van der Waals surface area (Å²) in [4.78, 5) is 0. The van der Waals surface area contributed by atoms with Crippen LogP contribution in [0.5, 0.6) is 0 Å². The fraction of sp³-hybridized carbons (Fsp3) is 1.00. The maximum absolute atomic E-state index is 2.46. The molecule has 0 aliphatic heterocycles. The number of hydrogen-bond donors (Lipinski definition) is 0. The van der Waals surface area contributed by atoms with Crippen LogP contribution in [0, 0.1) is 29.6 Å². The molecule has 0 amide bonds. The van der Waals surface area contributed by atoms with Crippen molar-refractivity contribution >= 4 is 0 Å². The third kappa shape index (κ3) is 5.04. The molecule has 0 bridgehead atoms. The summed E-state index contributed by atoms with van der Waals surface area (Å²) in [6, 6.07) is 0. The molecule has 0 heterocycles. The van der Waals surface area contributed by atoms with Crippen molar-refractivity contribution < 1.29 is 0 Å². The summed E-state index contributed by atoms with van der Waals surface area (Å²) in [6.07, 6.45) is 4.07. The predicted molar refractivity (Wildman–Crippen MR) is 71.0 cm³/mol. The molecule has 92 valence electrons. The van der Waals surface area contributed by atoms with E-state index >= 15 is 0 Å². The van der Waals surface area contributed by atoms with E-state index in [4.69, 9.17) is 0 Å². The quantitative estimate of drug-likeness (QED) is 0.531. The molecule has 0 rings (SSSR count). The van der Waals surface area contributed by atoms with Crippen LogP contribution in [0.3, 0.4) is 0 Å². The Balaban J connectivity index is 4.21. The van der Waals surface area contributed by atoms with Gasteiger partial charge in [-0.1, -0.05) is 61.3 Å². The Bertz CT molecular complexity index is 148. The van der Waals surface area contributed by atoms with Crippen LogP contribution in [0.4, 0.5) is 0 Å². The summed E-state index contributed by atoms with van der Waals surface area (Å²) < 4.78 is 0. The van der Waals surface area contributed by atoms with Crippen molar-refractivity contribution in [3.05, 3.63) is 0 Å². The third-order valence-corrected chi connectivity index (χ3v) is 4.37. The lowest BCUT2D eigenvalue weighted by molar-refractivity contribution is 0.177. The van der Waals surface area contributed by atoms with Gasteiger partial charge in [0.1, 0.15) is 0 Å². The van der Waals surface area contributed by atoms with Gasteiger partial charge in [-0.15, -0.1) is 0 Å². The summed E-state index contributed by atoms with van der Waals surface area (Å²) in [5.74, 6) is 4.40. The molecule has 0 saturated heterocycles. The first kappa shape index (κ1) is 15.0. The average molecular weight is 212 g/mol. The van der Waals surface area contributed by atoms with Crippen molar-refractivity contribution in [1.29, 1.82) is 0 Å². The van der Waals surface area contributed by atoms with Crippen LogP contribution < -0.4 is 0 Å². The third-order valence-electron chi connectivity index (χ3n) is 4.37. The summed E-state index contributed by atoms with van der Waals surface area (Å²) >= 11 is 0. The van der Waals surface area contributed by atoms with Gasteiger partial charge in [-0.2, -0.15) is 0 Å². The predicted octanol–water partition coefficient (Wildman–Crippen LogP) is 5.38. The zero-order chi connectivity index (χ0) is 12.0. The molecule has 0 N–H and O–H groups in total. The summed E-state index contributed by atoms with van der Waals surface area (Å²) in [7, 11) is 0. The zero-order valence-corrected chi connectivity index (χ0v) is 12.0. The molecule has 4 unspecified atom stereocenters. The van der Waals surface area contributed by atoms with Crippen LogP contribution in [-0.4, -0.2) is 0 Å². The molecule has 0 aliphatic rings. The highest BCUT2D eigenvalue weighted by Crippen LogP contribution is 2.33. The topological polar surface area (TPSA) is 0 Å². The molecule has 0 aromatic heterocycles. The van der Waals surface area contributed by atoms with E-state index in [1.807, 2.05) is 0 Å². The van der Waals surface area contributed by atoms with Crippen molar-refractivity contribution in [2.24, 2.45) is 29.6 Å². The standard InChI is InChI=1S/C15H32/c1-8-12(5)10-13(6)14(7)15(9-2)11(3)4/h11-15H,8-10H2,1-7H3. The molecular weight excluding hydrogens is 180 g/mol. The smallest absolute Gasteiger partial charge is 0.0365 e. The second-order valence-corrected chi connectivity index (χ2v) is 5.90. The lowest BCUT2D eigenvalue weighted by Gasteiger charge is -2.32. The maximum Gasteiger partial charge on any atom is -0.0365 e. The molecule has 15 heavy (non-hydrogen) atoms. The monoisotopic (exact) mass is 212 g/mol. The van der Waals surface area contributed by atoms with Crippen LogP contribution in [0.15, 0.2) is 0 Å². The Labute approximate surface area is 97.8 Å². The van der Waals surface area contributed by atoms with E-state index in [2.05, 4.69) is 48.5 Å². The van der Waals surface area contributed by atoms with E-state index in [0.29, 0.717) is 0 Å². The van der Waals surface area contributed by atoms with Crippen LogP contribution in [0.1, 0.15) is 67.7 Å². The molecule has 0 spiro atoms. The van der Waals surface area contributed by atoms with Crippen LogP contribution >= 0.6 is 0 Å². The fourth-order valence-electron chi connectivity index (χ4n) is 2.89. The first-order valence-electron chi connectivity index (χ1n) is 6.93. The van der Waals surface area contributed by atoms with E-state index < -0.39 is 0 Å². The minimum atomic E-state index is 0.837. The van der Waals surface area contributed by atoms with Gasteiger partial charge in [0.2, 0.25) is 0 Å². The summed E-state index contributed by atoms with van der Waals surface area (Å²) in [5.41, 5.74) is 0. The molecule has 0 fully saturated rings. The van der Waals surface area contributed by atoms with E-state index in [0.717, 1.165) is 29.6 Å². The van der Waals surface area contributed by atoms with Gasteiger partial charge in [0.15, 0.2) is 0 Å². The van der Waals surface area contributed by atoms with Crippen molar-refractivity contribution in [1.82, 2.24) is 0 Å². The molecule has 0 saturated carbocycles. The first-order valence-corrected chi connectivity index (χ1v) is 6.93. The van der Waals surface area contributed by atoms with Crippen LogP contribution in [0.2, 0.25) is 0 Å². The van der Waals surface area contributed by atoms with Gasteiger partial charge in [-0.05, 0) is 36.0 Å². The van der Waals surface area contributed by atoms with Crippen molar-refractivity contribution in [3.63, 3.8) is 0 Å². The highest BCUT2D eigenvalue weighted by molar-refractivity contribution is 4.74. The van der Waals surface area contributed by atoms with Crippen molar-refractivity contribution in [2.45, 2.75) is 67.7 Å². The van der Waals surface area contributed by atoms with Gasteiger partial charge in [-0.25, -0.2) is 0 Å². The Morgan fingerprint density at radius 1 is 0.800 bits per heavy atom. The van der Waals surface area contributed by atoms with Gasteiger partial charge >= 0.3 is 0 Å².